The first-order valence-electron chi connectivity index (χ1n) is 5.38. The second-order valence-corrected chi connectivity index (χ2v) is 7.40. The van der Waals surface area contributed by atoms with Crippen molar-refractivity contribution < 1.29 is 4.79 Å². The van der Waals surface area contributed by atoms with E-state index >= 15 is 0 Å². The van der Waals surface area contributed by atoms with Gasteiger partial charge in [0.2, 0.25) is 0 Å². The Hall–Kier alpha value is -0.190. The number of carbonyl (C=O) groups is 1. The number of ketones is 1. The Balaban J connectivity index is 2.26. The average Bonchev–Trinajstić information content (AvgIpc) is 2.48. The highest BCUT2D eigenvalue weighted by Gasteiger charge is 2.10. The van der Waals surface area contributed by atoms with Gasteiger partial charge in [-0.1, -0.05) is 0 Å². The Kier molecular flexibility index (Phi) is 5.15. The molecule has 0 atom stereocenters. The summed E-state index contributed by atoms with van der Waals surface area (Å²) in [4.78, 5) is 12.8. The van der Waals surface area contributed by atoms with E-state index in [9.17, 15) is 4.79 Å². The number of hydrogen-bond donors (Lipinski definition) is 1. The fraction of sp³-hybridized carbons (Fsp3) is 0.583. The quantitative estimate of drug-likeness (QED) is 0.903. The van der Waals surface area contributed by atoms with Crippen LogP contribution in [0.15, 0.2) is 15.9 Å². The van der Waals surface area contributed by atoms with E-state index in [1.54, 1.807) is 11.3 Å². The van der Waals surface area contributed by atoms with Crippen molar-refractivity contribution in [1.82, 2.24) is 5.32 Å². The maximum absolute atomic E-state index is 11.7. The molecule has 0 unspecified atom stereocenters. The van der Waals surface area contributed by atoms with Crippen molar-refractivity contribution in [3.8, 4) is 0 Å². The van der Waals surface area contributed by atoms with Crippen molar-refractivity contribution >= 4 is 33.0 Å². The first kappa shape index (κ1) is 13.9. The lowest BCUT2D eigenvalue weighted by Crippen LogP contribution is -2.37. The molecule has 0 aliphatic carbocycles. The molecule has 90 valence electrons. The predicted molar refractivity (Wildman–Crippen MR) is 73.1 cm³/mol. The molecule has 0 aliphatic heterocycles. The summed E-state index contributed by atoms with van der Waals surface area (Å²) in [5.74, 6) is 0.297. The van der Waals surface area contributed by atoms with Crippen LogP contribution in [0.2, 0.25) is 0 Å². The first-order chi connectivity index (χ1) is 7.37. The fourth-order valence-corrected chi connectivity index (χ4v) is 2.82. The molecule has 4 heteroatoms. The Labute approximate surface area is 110 Å². The summed E-state index contributed by atoms with van der Waals surface area (Å²) < 4.78 is 1.09. The minimum atomic E-state index is 0.0895. The number of rotatable bonds is 5. The van der Waals surface area contributed by atoms with E-state index in [4.69, 9.17) is 0 Å². The molecule has 1 heterocycles. The van der Waals surface area contributed by atoms with Gasteiger partial charge in [-0.3, -0.25) is 4.79 Å². The van der Waals surface area contributed by atoms with Gasteiger partial charge < -0.3 is 5.32 Å². The molecule has 16 heavy (non-hydrogen) atoms. The number of nitrogens with one attached hydrogen (secondary N) is 1. The second kappa shape index (κ2) is 5.94. The van der Waals surface area contributed by atoms with Crippen LogP contribution >= 0.6 is 27.3 Å². The molecular formula is C12H18BrNOS. The molecule has 0 spiro atoms. The molecule has 1 aromatic rings. The van der Waals surface area contributed by atoms with Crippen LogP contribution in [0.5, 0.6) is 0 Å². The van der Waals surface area contributed by atoms with Crippen LogP contribution in [0.1, 0.15) is 32.1 Å². The van der Waals surface area contributed by atoms with E-state index in [1.165, 1.54) is 0 Å². The van der Waals surface area contributed by atoms with Crippen molar-refractivity contribution in [3.05, 3.63) is 20.8 Å². The van der Waals surface area contributed by atoms with Gasteiger partial charge in [-0.2, -0.15) is 0 Å². The summed E-state index contributed by atoms with van der Waals surface area (Å²) in [6.07, 6.45) is 1.16. The third-order valence-electron chi connectivity index (χ3n) is 2.06. The normalized spacial score (nSPS) is 11.8. The van der Waals surface area contributed by atoms with Crippen LogP contribution < -0.4 is 5.32 Å². The van der Waals surface area contributed by atoms with E-state index in [0.29, 0.717) is 18.6 Å². The summed E-state index contributed by atoms with van der Waals surface area (Å²) in [6, 6.07) is 3.99. The number of halogens is 1. The number of hydrogen-bond acceptors (Lipinski definition) is 3. The van der Waals surface area contributed by atoms with Crippen LogP contribution in [0.3, 0.4) is 0 Å². The van der Waals surface area contributed by atoms with E-state index in [-0.39, 0.29) is 5.54 Å². The van der Waals surface area contributed by atoms with Crippen LogP contribution in [0.25, 0.3) is 0 Å². The minimum Gasteiger partial charge on any atom is -0.312 e. The highest BCUT2D eigenvalue weighted by Crippen LogP contribution is 2.22. The highest BCUT2D eigenvalue weighted by atomic mass is 79.9. The topological polar surface area (TPSA) is 29.1 Å². The Morgan fingerprint density at radius 3 is 2.62 bits per heavy atom. The van der Waals surface area contributed by atoms with E-state index in [2.05, 4.69) is 42.0 Å². The fourth-order valence-electron chi connectivity index (χ4n) is 1.31. The molecule has 2 nitrogen and oxygen atoms in total. The van der Waals surface area contributed by atoms with Crippen molar-refractivity contribution in [2.75, 3.05) is 6.54 Å². The standard InChI is InChI=1S/C12H18BrNOS/c1-12(2,3)14-7-6-9(15)8-10-4-5-11(13)16-10/h4-5,14H,6-8H2,1-3H3. The monoisotopic (exact) mass is 303 g/mol. The van der Waals surface area contributed by atoms with Crippen LogP contribution in [0.4, 0.5) is 0 Å². The maximum atomic E-state index is 11.7. The molecule has 0 fully saturated rings. The predicted octanol–water partition coefficient (Wildman–Crippen LogP) is 3.40. The van der Waals surface area contributed by atoms with Gasteiger partial charge in [0, 0.05) is 29.8 Å². The highest BCUT2D eigenvalue weighted by molar-refractivity contribution is 9.11. The smallest absolute Gasteiger partial charge is 0.139 e. The number of thiophene rings is 1. The van der Waals surface area contributed by atoms with Gasteiger partial charge >= 0.3 is 0 Å². The van der Waals surface area contributed by atoms with Gasteiger partial charge in [0.15, 0.2) is 0 Å². The zero-order valence-electron chi connectivity index (χ0n) is 9.97. The molecule has 0 radical (unpaired) electrons. The largest absolute Gasteiger partial charge is 0.312 e. The first-order valence-corrected chi connectivity index (χ1v) is 6.99. The molecule has 0 bridgehead atoms. The number of carbonyl (C=O) groups excluding carboxylic acids is 1. The Morgan fingerprint density at radius 1 is 1.44 bits per heavy atom. The SMILES string of the molecule is CC(C)(C)NCCC(=O)Cc1ccc(Br)s1. The van der Waals surface area contributed by atoms with Gasteiger partial charge in [-0.05, 0) is 48.8 Å². The van der Waals surface area contributed by atoms with Gasteiger partial charge in [-0.25, -0.2) is 0 Å². The molecule has 1 aromatic heterocycles. The van der Waals surface area contributed by atoms with Crippen molar-refractivity contribution in [2.45, 2.75) is 39.2 Å². The van der Waals surface area contributed by atoms with Crippen LogP contribution in [0, 0.1) is 0 Å². The third-order valence-corrected chi connectivity index (χ3v) is 3.68. The lowest BCUT2D eigenvalue weighted by atomic mass is 10.1. The molecule has 0 aliphatic rings. The molecule has 0 aromatic carbocycles. The van der Waals surface area contributed by atoms with E-state index in [0.717, 1.165) is 15.2 Å². The van der Waals surface area contributed by atoms with E-state index < -0.39 is 0 Å². The minimum absolute atomic E-state index is 0.0895. The number of Topliss-reactive ketones (excluding diaryl/α,β-unsaturated/α-hetero) is 1. The van der Waals surface area contributed by atoms with E-state index in [1.807, 2.05) is 12.1 Å². The molecule has 1 N–H and O–H groups in total. The van der Waals surface area contributed by atoms with Crippen molar-refractivity contribution in [1.29, 1.82) is 0 Å². The third kappa shape index (κ3) is 5.77. The van der Waals surface area contributed by atoms with Crippen LogP contribution in [-0.4, -0.2) is 17.9 Å². The summed E-state index contributed by atoms with van der Waals surface area (Å²) in [7, 11) is 0. The van der Waals surface area contributed by atoms with Gasteiger partial charge in [0.1, 0.15) is 5.78 Å². The summed E-state index contributed by atoms with van der Waals surface area (Å²) in [6.45, 7) is 7.07. The summed E-state index contributed by atoms with van der Waals surface area (Å²) >= 11 is 5.03. The summed E-state index contributed by atoms with van der Waals surface area (Å²) in [5, 5.41) is 3.32. The lowest BCUT2D eigenvalue weighted by molar-refractivity contribution is -0.118. The van der Waals surface area contributed by atoms with Crippen LogP contribution in [-0.2, 0) is 11.2 Å². The second-order valence-electron chi connectivity index (χ2n) is 4.85. The van der Waals surface area contributed by atoms with Gasteiger partial charge in [-0.15, -0.1) is 11.3 Å². The molecule has 1 rings (SSSR count). The zero-order chi connectivity index (χ0) is 12.2. The lowest BCUT2D eigenvalue weighted by Gasteiger charge is -2.19. The zero-order valence-corrected chi connectivity index (χ0v) is 12.4. The van der Waals surface area contributed by atoms with Crippen molar-refractivity contribution in [2.24, 2.45) is 0 Å². The molecular weight excluding hydrogens is 286 g/mol. The summed E-state index contributed by atoms with van der Waals surface area (Å²) in [5.41, 5.74) is 0.0895. The van der Waals surface area contributed by atoms with Gasteiger partial charge in [0.25, 0.3) is 0 Å². The molecule has 0 saturated heterocycles. The molecule has 0 amide bonds. The Morgan fingerprint density at radius 2 is 2.12 bits per heavy atom. The average molecular weight is 304 g/mol. The maximum Gasteiger partial charge on any atom is 0.139 e. The molecule has 0 saturated carbocycles. The van der Waals surface area contributed by atoms with Gasteiger partial charge in [0.05, 0.1) is 3.79 Å². The Bertz CT molecular complexity index is 354. The van der Waals surface area contributed by atoms with Crippen molar-refractivity contribution in [3.63, 3.8) is 0 Å².